The van der Waals surface area contributed by atoms with Gasteiger partial charge in [-0.3, -0.25) is 14.6 Å². The van der Waals surface area contributed by atoms with Gasteiger partial charge in [-0.15, -0.1) is 0 Å². The number of thiazole rings is 1. The Morgan fingerprint density at radius 3 is 2.71 bits per heavy atom. The molecule has 0 spiro atoms. The molecule has 5 nitrogen and oxygen atoms in total. The van der Waals surface area contributed by atoms with E-state index in [1.54, 1.807) is 4.90 Å². The van der Waals surface area contributed by atoms with Crippen molar-refractivity contribution in [2.24, 2.45) is 0 Å². The Morgan fingerprint density at radius 2 is 1.97 bits per heavy atom. The van der Waals surface area contributed by atoms with Crippen molar-refractivity contribution >= 4 is 32.6 Å². The SMILES string of the molecule is Cc1ccc(C(=O)N(CCCN2CCOCC2)c2nc3c(F)cc(F)cc3s2)c(C)c1. The maximum absolute atomic E-state index is 14.2. The summed E-state index contributed by atoms with van der Waals surface area (Å²) in [5, 5.41) is 0.381. The molecule has 0 unspecified atom stereocenters. The first-order valence-corrected chi connectivity index (χ1v) is 11.2. The monoisotopic (exact) mass is 445 g/mol. The third kappa shape index (κ3) is 4.92. The maximum Gasteiger partial charge on any atom is 0.260 e. The van der Waals surface area contributed by atoms with Crippen LogP contribution in [0.15, 0.2) is 30.3 Å². The molecular formula is C23H25F2N3O2S. The van der Waals surface area contributed by atoms with Crippen molar-refractivity contribution in [3.63, 3.8) is 0 Å². The predicted octanol–water partition coefficient (Wildman–Crippen LogP) is 4.56. The molecule has 164 valence electrons. The zero-order chi connectivity index (χ0) is 22.0. The van der Waals surface area contributed by atoms with Crippen molar-refractivity contribution in [3.05, 3.63) is 58.7 Å². The number of anilines is 1. The largest absolute Gasteiger partial charge is 0.379 e. The Balaban J connectivity index is 1.63. The van der Waals surface area contributed by atoms with Gasteiger partial charge in [0, 0.05) is 37.8 Å². The number of nitrogens with zero attached hydrogens (tertiary/aromatic N) is 3. The van der Waals surface area contributed by atoms with E-state index in [9.17, 15) is 13.6 Å². The summed E-state index contributed by atoms with van der Waals surface area (Å²) >= 11 is 1.13. The highest BCUT2D eigenvalue weighted by atomic mass is 32.1. The van der Waals surface area contributed by atoms with E-state index < -0.39 is 11.6 Å². The van der Waals surface area contributed by atoms with Crippen LogP contribution < -0.4 is 4.90 Å². The molecule has 3 aromatic rings. The van der Waals surface area contributed by atoms with Gasteiger partial charge in [0.1, 0.15) is 11.3 Å². The topological polar surface area (TPSA) is 45.7 Å². The predicted molar refractivity (Wildman–Crippen MR) is 119 cm³/mol. The second-order valence-electron chi connectivity index (χ2n) is 7.81. The number of hydrogen-bond acceptors (Lipinski definition) is 5. The molecule has 4 rings (SSSR count). The summed E-state index contributed by atoms with van der Waals surface area (Å²) in [5.74, 6) is -1.55. The van der Waals surface area contributed by atoms with E-state index in [1.807, 2.05) is 32.0 Å². The molecule has 0 atom stereocenters. The van der Waals surface area contributed by atoms with Crippen molar-refractivity contribution in [2.75, 3.05) is 44.3 Å². The molecule has 2 heterocycles. The standard InChI is InChI=1S/C23H25F2N3O2S/c1-15-4-5-18(16(2)12-15)22(29)28(7-3-6-27-8-10-30-11-9-27)23-26-21-19(25)13-17(24)14-20(21)31-23/h4-5,12-14H,3,6-11H2,1-2H3. The minimum Gasteiger partial charge on any atom is -0.379 e. The van der Waals surface area contributed by atoms with Crippen LogP contribution in [0.3, 0.4) is 0 Å². The molecule has 1 fully saturated rings. The van der Waals surface area contributed by atoms with E-state index in [2.05, 4.69) is 9.88 Å². The molecule has 1 aliphatic heterocycles. The maximum atomic E-state index is 14.2. The number of ether oxygens (including phenoxy) is 1. The Hall–Kier alpha value is -2.42. The average Bonchev–Trinajstić information content (AvgIpc) is 3.15. The fourth-order valence-corrected chi connectivity index (χ4v) is 4.85. The number of halogens is 2. The first kappa shape index (κ1) is 21.8. The summed E-state index contributed by atoms with van der Waals surface area (Å²) in [6, 6.07) is 7.76. The van der Waals surface area contributed by atoms with Crippen LogP contribution >= 0.6 is 11.3 Å². The number of fused-ring (bicyclic) bond motifs is 1. The van der Waals surface area contributed by atoms with Gasteiger partial charge < -0.3 is 4.74 Å². The third-order valence-electron chi connectivity index (χ3n) is 5.45. The van der Waals surface area contributed by atoms with E-state index in [1.165, 1.54) is 6.07 Å². The van der Waals surface area contributed by atoms with Crippen LogP contribution in [0.5, 0.6) is 0 Å². The molecule has 2 aromatic carbocycles. The second-order valence-corrected chi connectivity index (χ2v) is 8.82. The number of hydrogen-bond donors (Lipinski definition) is 0. The van der Waals surface area contributed by atoms with Crippen molar-refractivity contribution < 1.29 is 18.3 Å². The molecule has 0 bridgehead atoms. The molecule has 1 amide bonds. The van der Waals surface area contributed by atoms with Gasteiger partial charge in [-0.2, -0.15) is 0 Å². The van der Waals surface area contributed by atoms with Gasteiger partial charge >= 0.3 is 0 Å². The van der Waals surface area contributed by atoms with Gasteiger partial charge in [0.15, 0.2) is 10.9 Å². The number of aryl methyl sites for hydroxylation is 2. The smallest absolute Gasteiger partial charge is 0.260 e. The lowest BCUT2D eigenvalue weighted by Crippen LogP contribution is -2.39. The van der Waals surface area contributed by atoms with Gasteiger partial charge in [-0.1, -0.05) is 29.0 Å². The van der Waals surface area contributed by atoms with Crippen molar-refractivity contribution in [2.45, 2.75) is 20.3 Å². The lowest BCUT2D eigenvalue weighted by Gasteiger charge is -2.28. The second kappa shape index (κ2) is 9.38. The van der Waals surface area contributed by atoms with Crippen molar-refractivity contribution in [1.29, 1.82) is 0 Å². The van der Waals surface area contributed by atoms with E-state index in [0.29, 0.717) is 35.2 Å². The van der Waals surface area contributed by atoms with Crippen LogP contribution in [-0.2, 0) is 4.74 Å². The molecule has 0 aliphatic carbocycles. The quantitative estimate of drug-likeness (QED) is 0.558. The molecular weight excluding hydrogens is 420 g/mol. The molecule has 0 radical (unpaired) electrons. The van der Waals surface area contributed by atoms with E-state index in [0.717, 1.165) is 54.6 Å². The van der Waals surface area contributed by atoms with Crippen molar-refractivity contribution in [3.8, 4) is 0 Å². The summed E-state index contributed by atoms with van der Waals surface area (Å²) in [5.41, 5.74) is 2.63. The highest BCUT2D eigenvalue weighted by Crippen LogP contribution is 2.32. The zero-order valence-electron chi connectivity index (χ0n) is 17.7. The molecule has 0 N–H and O–H groups in total. The lowest BCUT2D eigenvalue weighted by molar-refractivity contribution is 0.0376. The van der Waals surface area contributed by atoms with Gasteiger partial charge in [-0.25, -0.2) is 13.8 Å². The van der Waals surface area contributed by atoms with E-state index >= 15 is 0 Å². The molecule has 1 aromatic heterocycles. The van der Waals surface area contributed by atoms with Gasteiger partial charge in [0.05, 0.1) is 17.9 Å². The highest BCUT2D eigenvalue weighted by molar-refractivity contribution is 7.22. The fourth-order valence-electron chi connectivity index (χ4n) is 3.82. The fraction of sp³-hybridized carbons (Fsp3) is 0.391. The molecule has 0 saturated carbocycles. The van der Waals surface area contributed by atoms with Crippen LogP contribution in [0.2, 0.25) is 0 Å². The Bertz CT molecular complexity index is 1100. The summed E-state index contributed by atoms with van der Waals surface area (Å²) in [6.07, 6.45) is 0.740. The number of carbonyl (C=O) groups excluding carboxylic acids is 1. The molecule has 8 heteroatoms. The first-order chi connectivity index (χ1) is 14.9. The molecule has 1 saturated heterocycles. The zero-order valence-corrected chi connectivity index (χ0v) is 18.5. The summed E-state index contributed by atoms with van der Waals surface area (Å²) < 4.78 is 33.7. The van der Waals surface area contributed by atoms with Crippen LogP contribution in [0.1, 0.15) is 27.9 Å². The van der Waals surface area contributed by atoms with Gasteiger partial charge in [-0.05, 0) is 38.0 Å². The Kier molecular flexibility index (Phi) is 6.60. The lowest BCUT2D eigenvalue weighted by atomic mass is 10.0. The summed E-state index contributed by atoms with van der Waals surface area (Å²) in [4.78, 5) is 21.7. The minimum atomic E-state index is -0.718. The van der Waals surface area contributed by atoms with Gasteiger partial charge in [0.25, 0.3) is 5.91 Å². The Labute approximate surface area is 184 Å². The number of aromatic nitrogens is 1. The number of benzene rings is 2. The Morgan fingerprint density at radius 1 is 1.19 bits per heavy atom. The normalized spacial score (nSPS) is 14.8. The first-order valence-electron chi connectivity index (χ1n) is 10.4. The van der Waals surface area contributed by atoms with E-state index in [-0.39, 0.29) is 11.4 Å². The molecule has 1 aliphatic rings. The van der Waals surface area contributed by atoms with Crippen LogP contribution in [0.4, 0.5) is 13.9 Å². The summed E-state index contributed by atoms with van der Waals surface area (Å²) in [6.45, 7) is 8.32. The molecule has 31 heavy (non-hydrogen) atoms. The number of carbonyl (C=O) groups is 1. The number of amides is 1. The van der Waals surface area contributed by atoms with Crippen LogP contribution in [0.25, 0.3) is 10.2 Å². The van der Waals surface area contributed by atoms with E-state index in [4.69, 9.17) is 4.74 Å². The van der Waals surface area contributed by atoms with Crippen LogP contribution in [0, 0.1) is 25.5 Å². The highest BCUT2D eigenvalue weighted by Gasteiger charge is 2.24. The van der Waals surface area contributed by atoms with Gasteiger partial charge in [0.2, 0.25) is 0 Å². The van der Waals surface area contributed by atoms with Crippen LogP contribution in [-0.4, -0.2) is 55.2 Å². The number of rotatable bonds is 6. The average molecular weight is 446 g/mol. The minimum absolute atomic E-state index is 0.0907. The van der Waals surface area contributed by atoms with Crippen molar-refractivity contribution in [1.82, 2.24) is 9.88 Å². The summed E-state index contributed by atoms with van der Waals surface area (Å²) in [7, 11) is 0. The third-order valence-corrected chi connectivity index (χ3v) is 6.48. The number of morpholine rings is 1.